The van der Waals surface area contributed by atoms with Gasteiger partial charge in [0.15, 0.2) is 22.4 Å². The number of rotatable bonds is 6. The minimum absolute atomic E-state index is 0. The van der Waals surface area contributed by atoms with Crippen molar-refractivity contribution in [2.45, 2.75) is 125 Å². The van der Waals surface area contributed by atoms with Gasteiger partial charge in [-0.25, -0.2) is 39.1 Å². The van der Waals surface area contributed by atoms with Gasteiger partial charge >= 0.3 is 24.1 Å². The average molecular weight is 779 g/mol. The highest BCUT2D eigenvalue weighted by molar-refractivity contribution is 6.31. The van der Waals surface area contributed by atoms with Crippen molar-refractivity contribution in [3.05, 3.63) is 35.1 Å². The van der Waals surface area contributed by atoms with Crippen LogP contribution in [0.5, 0.6) is 0 Å². The fraction of sp³-hybridized carbons (Fsp3) is 0.676. The third-order valence-electron chi connectivity index (χ3n) is 8.59. The molecule has 0 spiro atoms. The molecule has 4 heterocycles. The number of nitrogens with zero attached hydrogens (tertiary/aromatic N) is 8. The number of esters is 2. The Morgan fingerprint density at radius 1 is 0.704 bits per heavy atom. The molecule has 2 aromatic heterocycles. The smallest absolute Gasteiger partial charge is 0.410 e. The molecule has 0 saturated carbocycles. The van der Waals surface area contributed by atoms with Crippen LogP contribution in [0, 0.1) is 0 Å². The van der Waals surface area contributed by atoms with Gasteiger partial charge in [-0.1, -0.05) is 32.9 Å². The van der Waals surface area contributed by atoms with Crippen molar-refractivity contribution in [2.24, 2.45) is 0 Å². The van der Waals surface area contributed by atoms with E-state index in [1.54, 1.807) is 16.0 Å². The summed E-state index contributed by atoms with van der Waals surface area (Å²) in [5.74, 6) is 0.0509. The summed E-state index contributed by atoms with van der Waals surface area (Å²) in [5, 5.41) is 0.130. The second-order valence-corrected chi connectivity index (χ2v) is 15.4. The second kappa shape index (κ2) is 19.2. The first-order valence-corrected chi connectivity index (χ1v) is 18.1. The fourth-order valence-electron chi connectivity index (χ4n) is 5.91. The van der Waals surface area contributed by atoms with E-state index in [-0.39, 0.29) is 60.3 Å². The van der Waals surface area contributed by atoms with Crippen LogP contribution < -0.4 is 9.80 Å². The molecule has 0 aliphatic carbocycles. The normalized spacial score (nSPS) is 20.2. The number of hydrogen-bond acceptors (Lipinski definition) is 14. The molecule has 0 N–H and O–H groups in total. The molecule has 4 rings (SSSR count). The zero-order valence-corrected chi connectivity index (χ0v) is 33.8. The lowest BCUT2D eigenvalue weighted by Gasteiger charge is -2.45. The van der Waals surface area contributed by atoms with E-state index < -0.39 is 23.1 Å². The lowest BCUT2D eigenvalue weighted by molar-refractivity contribution is 0.00958. The van der Waals surface area contributed by atoms with Crippen molar-refractivity contribution >= 4 is 47.4 Å². The molecule has 54 heavy (non-hydrogen) atoms. The van der Waals surface area contributed by atoms with Gasteiger partial charge in [0, 0.05) is 38.3 Å². The topological polar surface area (TPSA) is 170 Å². The largest absolute Gasteiger partial charge is 0.464 e. The lowest BCUT2D eigenvalue weighted by atomic mass is 10.1. The molecule has 2 amide bonds. The summed E-state index contributed by atoms with van der Waals surface area (Å²) in [6.07, 6.45) is 5.28. The van der Waals surface area contributed by atoms with E-state index in [2.05, 4.69) is 34.3 Å². The minimum Gasteiger partial charge on any atom is -0.464 e. The highest BCUT2D eigenvalue weighted by Crippen LogP contribution is 2.29. The van der Waals surface area contributed by atoms with Gasteiger partial charge < -0.3 is 38.5 Å². The van der Waals surface area contributed by atoms with E-state index in [0.717, 1.165) is 12.8 Å². The van der Waals surface area contributed by atoms with Crippen molar-refractivity contribution in [3.8, 4) is 0 Å². The molecule has 302 valence electrons. The van der Waals surface area contributed by atoms with Crippen LogP contribution in [0.3, 0.4) is 0 Å². The summed E-state index contributed by atoms with van der Waals surface area (Å²) in [5.41, 5.74) is -0.846. The van der Waals surface area contributed by atoms with Crippen LogP contribution in [0.15, 0.2) is 18.6 Å². The summed E-state index contributed by atoms with van der Waals surface area (Å²) >= 11 is 6.28. The van der Waals surface area contributed by atoms with Gasteiger partial charge in [-0.2, -0.15) is 0 Å². The minimum atomic E-state index is -0.592. The van der Waals surface area contributed by atoms with Crippen LogP contribution in [0.2, 0.25) is 5.15 Å². The van der Waals surface area contributed by atoms with Crippen LogP contribution >= 0.6 is 11.6 Å². The Morgan fingerprint density at radius 3 is 1.56 bits per heavy atom. The van der Waals surface area contributed by atoms with Crippen LogP contribution in [-0.4, -0.2) is 130 Å². The van der Waals surface area contributed by atoms with Crippen molar-refractivity contribution in [1.82, 2.24) is 29.7 Å². The first kappa shape index (κ1) is 45.7. The van der Waals surface area contributed by atoms with E-state index >= 15 is 0 Å². The number of amides is 2. The SMILES string of the molecule is C.CC[C@H]1CN(c2cnc(C(=O)OC)cn2)[C@H](C)CN1C(=O)OC(C)(C)C.CC[C@H]1CN(c2ncc(C(=O)OC)nc2Cl)[C@H](C)CN1C(=O)OC(C)(C)C. The molecule has 4 atom stereocenters. The number of aromatic nitrogens is 4. The summed E-state index contributed by atoms with van der Waals surface area (Å²) in [4.78, 5) is 72.7. The van der Waals surface area contributed by atoms with Crippen LogP contribution in [0.1, 0.15) is 110 Å². The number of methoxy groups -OCH3 is 2. The Balaban J connectivity index is 0.000000367. The molecule has 2 aliphatic rings. The van der Waals surface area contributed by atoms with E-state index in [4.69, 9.17) is 21.1 Å². The second-order valence-electron chi connectivity index (χ2n) is 15.0. The highest BCUT2D eigenvalue weighted by atomic mass is 35.5. The number of hydrogen-bond donors (Lipinski definition) is 0. The molecular formula is C37H59ClN8O8. The molecule has 17 heteroatoms. The van der Waals surface area contributed by atoms with Gasteiger partial charge in [-0.3, -0.25) is 0 Å². The Kier molecular flexibility index (Phi) is 16.3. The van der Waals surface area contributed by atoms with E-state index in [1.807, 2.05) is 74.1 Å². The molecule has 0 aromatic carbocycles. The summed E-state index contributed by atoms with van der Waals surface area (Å²) in [6.45, 7) is 21.4. The van der Waals surface area contributed by atoms with Crippen molar-refractivity contribution in [3.63, 3.8) is 0 Å². The zero-order valence-electron chi connectivity index (χ0n) is 33.0. The van der Waals surface area contributed by atoms with Gasteiger partial charge in [0.25, 0.3) is 0 Å². The first-order chi connectivity index (χ1) is 24.7. The number of piperazine rings is 2. The van der Waals surface area contributed by atoms with Gasteiger partial charge in [0.1, 0.15) is 17.0 Å². The van der Waals surface area contributed by atoms with Gasteiger partial charge in [-0.15, -0.1) is 0 Å². The standard InChI is InChI=1S/C18H27ClN4O4.C18H28N4O4.CH4/c1-7-12-10-22(11(2)9-23(12)17(25)27-18(3,4)5)15-14(19)21-13(8-20-15)16(24)26-6;1-7-13-11-21(15-9-19-14(8-20-15)16(23)25-6)12(2)10-22(13)17(24)26-18(3,4)5;/h8,11-12H,7,9-10H2,1-6H3;8-9,12-13H,7,10-11H2,1-6H3;1H4/t11-,12+;12-,13+;/m11./s1. The Labute approximate surface area is 324 Å². The molecule has 0 unspecified atom stereocenters. The molecule has 0 radical (unpaired) electrons. The monoisotopic (exact) mass is 778 g/mol. The van der Waals surface area contributed by atoms with Gasteiger partial charge in [0.2, 0.25) is 0 Å². The fourth-order valence-corrected chi connectivity index (χ4v) is 6.16. The van der Waals surface area contributed by atoms with Crippen molar-refractivity contribution in [1.29, 1.82) is 0 Å². The summed E-state index contributed by atoms with van der Waals surface area (Å²) in [7, 11) is 2.58. The van der Waals surface area contributed by atoms with Crippen LogP contribution in [0.4, 0.5) is 21.2 Å². The number of halogens is 1. The molecule has 16 nitrogen and oxygen atoms in total. The lowest BCUT2D eigenvalue weighted by Crippen LogP contribution is -2.60. The average Bonchev–Trinajstić information content (AvgIpc) is 3.09. The molecule has 0 bridgehead atoms. The predicted molar refractivity (Wildman–Crippen MR) is 206 cm³/mol. The maximum Gasteiger partial charge on any atom is 0.410 e. The van der Waals surface area contributed by atoms with Crippen molar-refractivity contribution < 1.29 is 38.1 Å². The Bertz CT molecular complexity index is 1580. The van der Waals surface area contributed by atoms with Gasteiger partial charge in [0.05, 0.1) is 44.9 Å². The highest BCUT2D eigenvalue weighted by Gasteiger charge is 2.38. The third-order valence-corrected chi connectivity index (χ3v) is 8.84. The number of anilines is 2. The molecule has 2 aliphatic heterocycles. The quantitative estimate of drug-likeness (QED) is 0.238. The molecule has 2 fully saturated rings. The Morgan fingerprint density at radius 2 is 1.15 bits per heavy atom. The number of ether oxygens (including phenoxy) is 4. The summed E-state index contributed by atoms with van der Waals surface area (Å²) < 4.78 is 20.4. The maximum atomic E-state index is 12.6. The van der Waals surface area contributed by atoms with E-state index in [0.29, 0.717) is 37.8 Å². The van der Waals surface area contributed by atoms with Gasteiger partial charge in [-0.05, 0) is 68.2 Å². The first-order valence-electron chi connectivity index (χ1n) is 17.8. The molecular weight excluding hydrogens is 720 g/mol. The van der Waals surface area contributed by atoms with Crippen LogP contribution in [-0.2, 0) is 18.9 Å². The zero-order chi connectivity index (χ0) is 39.8. The predicted octanol–water partition coefficient (Wildman–Crippen LogP) is 6.26. The molecule has 2 aromatic rings. The Hall–Kier alpha value is -4.47. The maximum absolute atomic E-state index is 12.6. The van der Waals surface area contributed by atoms with E-state index in [9.17, 15) is 19.2 Å². The van der Waals surface area contributed by atoms with E-state index in [1.165, 1.54) is 26.6 Å². The van der Waals surface area contributed by atoms with Crippen LogP contribution in [0.25, 0.3) is 0 Å². The molecule has 2 saturated heterocycles. The third kappa shape index (κ3) is 12.0. The summed E-state index contributed by atoms with van der Waals surface area (Å²) in [6, 6.07) is -0.0305. The number of carbonyl (C=O) groups is 4. The van der Waals surface area contributed by atoms with Crippen molar-refractivity contribution in [2.75, 3.05) is 50.2 Å². The number of carbonyl (C=O) groups excluding carboxylic acids is 4.